The molecule has 0 atom stereocenters. The Hall–Kier alpha value is -2.34. The van der Waals surface area contributed by atoms with E-state index in [1.54, 1.807) is 34.8 Å². The molecule has 0 amide bonds. The lowest BCUT2D eigenvalue weighted by molar-refractivity contribution is 0.111. The van der Waals surface area contributed by atoms with E-state index in [2.05, 4.69) is 10.3 Å². The molecule has 0 unspecified atom stereocenters. The van der Waals surface area contributed by atoms with Gasteiger partial charge in [0.1, 0.15) is 5.69 Å². The first kappa shape index (κ1) is 12.7. The van der Waals surface area contributed by atoms with E-state index in [0.717, 1.165) is 10.6 Å². The Morgan fingerprint density at radius 2 is 2.20 bits per heavy atom. The largest absolute Gasteiger partial charge is 0.463 e. The molecule has 2 heterocycles. The van der Waals surface area contributed by atoms with Crippen LogP contribution in [0.25, 0.3) is 17.1 Å². The van der Waals surface area contributed by atoms with Crippen molar-refractivity contribution in [2.45, 2.75) is 4.90 Å². The van der Waals surface area contributed by atoms with Gasteiger partial charge in [-0.1, -0.05) is 11.3 Å². The van der Waals surface area contributed by atoms with Crippen molar-refractivity contribution < 1.29 is 9.21 Å². The highest BCUT2D eigenvalue weighted by Crippen LogP contribution is 2.26. The summed E-state index contributed by atoms with van der Waals surface area (Å²) in [6.07, 6.45) is 4.24. The molecule has 0 bridgehead atoms. The molecule has 0 radical (unpaired) electrons. The third kappa shape index (κ3) is 2.14. The Labute approximate surface area is 119 Å². The van der Waals surface area contributed by atoms with Gasteiger partial charge in [0.2, 0.25) is 0 Å². The molecule has 0 fully saturated rings. The van der Waals surface area contributed by atoms with Crippen molar-refractivity contribution in [1.29, 1.82) is 0 Å². The topological polar surface area (TPSA) is 60.9 Å². The Morgan fingerprint density at radius 3 is 2.90 bits per heavy atom. The van der Waals surface area contributed by atoms with E-state index < -0.39 is 0 Å². The van der Waals surface area contributed by atoms with Gasteiger partial charge in [-0.25, -0.2) is 4.68 Å². The molecule has 0 spiro atoms. The second-order valence-corrected chi connectivity index (χ2v) is 4.91. The first-order valence-corrected chi connectivity index (χ1v) is 7.15. The molecule has 6 heteroatoms. The molecule has 0 saturated carbocycles. The zero-order valence-electron chi connectivity index (χ0n) is 10.7. The van der Waals surface area contributed by atoms with E-state index in [-0.39, 0.29) is 5.69 Å². The van der Waals surface area contributed by atoms with Crippen LogP contribution in [0.4, 0.5) is 0 Å². The summed E-state index contributed by atoms with van der Waals surface area (Å²) >= 11 is 1.64. The molecule has 3 rings (SSSR count). The Bertz CT molecular complexity index is 735. The molecule has 2 aromatic heterocycles. The predicted octanol–water partition coefficient (Wildman–Crippen LogP) is 3.06. The summed E-state index contributed by atoms with van der Waals surface area (Å²) in [4.78, 5) is 12.2. The Morgan fingerprint density at radius 1 is 1.30 bits per heavy atom. The van der Waals surface area contributed by atoms with Gasteiger partial charge < -0.3 is 4.42 Å². The number of benzene rings is 1. The van der Waals surface area contributed by atoms with E-state index in [4.69, 9.17) is 4.42 Å². The molecule has 5 nitrogen and oxygen atoms in total. The first-order chi connectivity index (χ1) is 9.83. The fraction of sp³-hybridized carbons (Fsp3) is 0.0714. The molecule has 0 N–H and O–H groups in total. The molecular formula is C14H11N3O2S. The maximum atomic E-state index is 11.1. The van der Waals surface area contributed by atoms with Gasteiger partial charge >= 0.3 is 0 Å². The van der Waals surface area contributed by atoms with Crippen LogP contribution in [0, 0.1) is 0 Å². The van der Waals surface area contributed by atoms with Gasteiger partial charge in [-0.05, 0) is 36.6 Å². The molecule has 20 heavy (non-hydrogen) atoms. The molecule has 0 aliphatic carbocycles. The summed E-state index contributed by atoms with van der Waals surface area (Å²) in [6, 6.07) is 11.4. The highest BCUT2D eigenvalue weighted by atomic mass is 32.2. The highest BCUT2D eigenvalue weighted by molar-refractivity contribution is 7.98. The highest BCUT2D eigenvalue weighted by Gasteiger charge is 2.18. The van der Waals surface area contributed by atoms with E-state index in [1.807, 2.05) is 30.5 Å². The molecule has 0 saturated heterocycles. The summed E-state index contributed by atoms with van der Waals surface area (Å²) in [5, 5.41) is 7.96. The van der Waals surface area contributed by atoms with Crippen LogP contribution < -0.4 is 0 Å². The van der Waals surface area contributed by atoms with Crippen molar-refractivity contribution in [3.63, 3.8) is 0 Å². The average molecular weight is 285 g/mol. The molecular weight excluding hydrogens is 274 g/mol. The number of hydrogen-bond donors (Lipinski definition) is 0. The van der Waals surface area contributed by atoms with Crippen molar-refractivity contribution in [2.75, 3.05) is 6.26 Å². The van der Waals surface area contributed by atoms with Crippen molar-refractivity contribution >= 4 is 18.0 Å². The van der Waals surface area contributed by atoms with E-state index in [9.17, 15) is 4.79 Å². The number of carbonyl (C=O) groups is 1. The monoisotopic (exact) mass is 285 g/mol. The third-order valence-electron chi connectivity index (χ3n) is 2.86. The van der Waals surface area contributed by atoms with Crippen LogP contribution in [-0.4, -0.2) is 27.5 Å². The van der Waals surface area contributed by atoms with Gasteiger partial charge in [0.15, 0.2) is 17.7 Å². The van der Waals surface area contributed by atoms with Gasteiger partial charge in [-0.2, -0.15) is 0 Å². The van der Waals surface area contributed by atoms with Crippen LogP contribution in [0.1, 0.15) is 10.5 Å². The number of carbonyl (C=O) groups excluding carboxylic acids is 1. The van der Waals surface area contributed by atoms with Gasteiger partial charge in [0.25, 0.3) is 0 Å². The van der Waals surface area contributed by atoms with Gasteiger partial charge in [-0.15, -0.1) is 16.9 Å². The first-order valence-electron chi connectivity index (χ1n) is 5.92. The van der Waals surface area contributed by atoms with Crippen molar-refractivity contribution in [1.82, 2.24) is 15.0 Å². The molecule has 3 aromatic rings. The zero-order chi connectivity index (χ0) is 13.9. The van der Waals surface area contributed by atoms with Crippen LogP contribution in [0.5, 0.6) is 0 Å². The molecule has 1 aromatic carbocycles. The Kier molecular flexibility index (Phi) is 3.39. The fourth-order valence-corrected chi connectivity index (χ4v) is 2.39. The van der Waals surface area contributed by atoms with Crippen LogP contribution in [0.15, 0.2) is 52.0 Å². The average Bonchev–Trinajstić information content (AvgIpc) is 3.15. The maximum absolute atomic E-state index is 11.1. The normalized spacial score (nSPS) is 10.7. The molecule has 0 aliphatic rings. The number of aromatic nitrogens is 3. The minimum absolute atomic E-state index is 0.259. The van der Waals surface area contributed by atoms with Crippen molar-refractivity contribution in [3.05, 3.63) is 48.4 Å². The number of aldehydes is 1. The third-order valence-corrected chi connectivity index (χ3v) is 3.59. The summed E-state index contributed by atoms with van der Waals surface area (Å²) in [5.41, 5.74) is 1.65. The van der Waals surface area contributed by atoms with Crippen LogP contribution in [0.2, 0.25) is 0 Å². The van der Waals surface area contributed by atoms with Gasteiger partial charge in [0.05, 0.1) is 12.0 Å². The lowest BCUT2D eigenvalue weighted by atomic mass is 10.2. The summed E-state index contributed by atoms with van der Waals surface area (Å²) in [7, 11) is 0. The minimum atomic E-state index is 0.259. The summed E-state index contributed by atoms with van der Waals surface area (Å²) < 4.78 is 6.99. The minimum Gasteiger partial charge on any atom is -0.463 e. The van der Waals surface area contributed by atoms with Crippen molar-refractivity contribution in [3.8, 4) is 17.1 Å². The van der Waals surface area contributed by atoms with E-state index in [0.29, 0.717) is 17.7 Å². The van der Waals surface area contributed by atoms with Crippen LogP contribution in [-0.2, 0) is 0 Å². The zero-order valence-corrected chi connectivity index (χ0v) is 11.5. The Balaban J connectivity index is 2.19. The summed E-state index contributed by atoms with van der Waals surface area (Å²) in [6.45, 7) is 0. The molecule has 100 valence electrons. The summed E-state index contributed by atoms with van der Waals surface area (Å²) in [5.74, 6) is 0.562. The standard InChI is InChI=1S/C14H11N3O2S/c1-20-11-5-2-4-10(8-11)17-14(12(9-18)15-16-17)13-6-3-7-19-13/h2-9H,1H3. The second kappa shape index (κ2) is 5.34. The maximum Gasteiger partial charge on any atom is 0.172 e. The number of nitrogens with zero attached hydrogens (tertiary/aromatic N) is 3. The number of furan rings is 1. The van der Waals surface area contributed by atoms with Crippen LogP contribution >= 0.6 is 11.8 Å². The van der Waals surface area contributed by atoms with Crippen LogP contribution in [0.3, 0.4) is 0 Å². The SMILES string of the molecule is CSc1cccc(-n2nnc(C=O)c2-c2ccco2)c1. The van der Waals surface area contributed by atoms with Gasteiger partial charge in [-0.3, -0.25) is 4.79 Å². The lowest BCUT2D eigenvalue weighted by Gasteiger charge is -2.06. The van der Waals surface area contributed by atoms with Crippen molar-refractivity contribution in [2.24, 2.45) is 0 Å². The predicted molar refractivity (Wildman–Crippen MR) is 76.2 cm³/mol. The number of hydrogen-bond acceptors (Lipinski definition) is 5. The van der Waals surface area contributed by atoms with Gasteiger partial charge in [0, 0.05) is 4.90 Å². The smallest absolute Gasteiger partial charge is 0.172 e. The quantitative estimate of drug-likeness (QED) is 0.544. The van der Waals surface area contributed by atoms with E-state index >= 15 is 0 Å². The number of rotatable bonds is 4. The second-order valence-electron chi connectivity index (χ2n) is 4.03. The molecule has 0 aliphatic heterocycles. The fourth-order valence-electron chi connectivity index (χ4n) is 1.94. The number of thioether (sulfide) groups is 1. The van der Waals surface area contributed by atoms with E-state index in [1.165, 1.54) is 0 Å². The lowest BCUT2D eigenvalue weighted by Crippen LogP contribution is -1.99.